The number of hydrogen-bond donors (Lipinski definition) is 2. The number of furan rings is 1. The highest BCUT2D eigenvalue weighted by atomic mass is 19.4. The molecule has 26 heavy (non-hydrogen) atoms. The third-order valence-corrected chi connectivity index (χ3v) is 3.57. The van der Waals surface area contributed by atoms with Gasteiger partial charge < -0.3 is 9.73 Å². The molecule has 2 aromatic rings. The van der Waals surface area contributed by atoms with Crippen molar-refractivity contribution in [3.63, 3.8) is 0 Å². The lowest BCUT2D eigenvalue weighted by Gasteiger charge is -2.38. The summed E-state index contributed by atoms with van der Waals surface area (Å²) in [5.41, 5.74) is -4.29. The predicted octanol–water partition coefficient (Wildman–Crippen LogP) is 3.93. The van der Waals surface area contributed by atoms with Gasteiger partial charge in [-0.25, -0.2) is 0 Å². The molecule has 0 saturated carbocycles. The van der Waals surface area contributed by atoms with Crippen LogP contribution in [-0.2, 0) is 6.54 Å². The van der Waals surface area contributed by atoms with Gasteiger partial charge in [0.2, 0.25) is 0 Å². The number of rotatable bonds is 5. The Bertz CT molecular complexity index is 722. The topological polar surface area (TPSA) is 54.3 Å². The maximum atomic E-state index is 13.4. The van der Waals surface area contributed by atoms with Crippen LogP contribution < -0.4 is 10.6 Å². The van der Waals surface area contributed by atoms with Gasteiger partial charge in [0.1, 0.15) is 5.76 Å². The second-order valence-corrected chi connectivity index (χ2v) is 5.50. The van der Waals surface area contributed by atoms with E-state index >= 15 is 0 Å². The van der Waals surface area contributed by atoms with E-state index in [0.717, 1.165) is 23.7 Å². The van der Waals surface area contributed by atoms with Gasteiger partial charge in [-0.3, -0.25) is 10.1 Å². The molecule has 0 radical (unpaired) electrons. The van der Waals surface area contributed by atoms with Gasteiger partial charge in [0.15, 0.2) is 0 Å². The molecule has 0 bridgehead atoms. The minimum Gasteiger partial charge on any atom is -0.468 e. The van der Waals surface area contributed by atoms with E-state index in [1.54, 1.807) is 6.92 Å². The number of amides is 1. The molecule has 10 heteroatoms. The summed E-state index contributed by atoms with van der Waals surface area (Å²) in [6, 6.07) is 7.57. The lowest BCUT2D eigenvalue weighted by molar-refractivity contribution is -0.315. The Morgan fingerprint density at radius 1 is 1.00 bits per heavy atom. The van der Waals surface area contributed by atoms with Crippen molar-refractivity contribution in [3.05, 3.63) is 59.5 Å². The summed E-state index contributed by atoms with van der Waals surface area (Å²) < 4.78 is 85.2. The van der Waals surface area contributed by atoms with Gasteiger partial charge in [0.05, 0.1) is 12.8 Å². The molecule has 2 N–H and O–H groups in total. The van der Waals surface area contributed by atoms with Crippen molar-refractivity contribution in [1.82, 2.24) is 10.6 Å². The zero-order chi connectivity index (χ0) is 19.6. The number of hydrogen-bond acceptors (Lipinski definition) is 3. The SMILES string of the molecule is Cc1ccc(C(=O)NC(NCc2ccco2)(C(F)(F)F)C(F)(F)F)cc1. The third kappa shape index (κ3) is 4.01. The van der Waals surface area contributed by atoms with Crippen LogP contribution in [0, 0.1) is 6.92 Å². The number of carbonyl (C=O) groups is 1. The minimum absolute atomic E-state index is 0.160. The molecule has 0 aliphatic carbocycles. The summed E-state index contributed by atoms with van der Waals surface area (Å²) in [6.07, 6.45) is -10.6. The molecule has 0 atom stereocenters. The maximum absolute atomic E-state index is 13.4. The number of aryl methyl sites for hydroxylation is 1. The van der Waals surface area contributed by atoms with Crippen molar-refractivity contribution in [2.45, 2.75) is 31.5 Å². The molecule has 0 aliphatic rings. The van der Waals surface area contributed by atoms with Gasteiger partial charge in [-0.15, -0.1) is 0 Å². The first-order chi connectivity index (χ1) is 12.0. The van der Waals surface area contributed by atoms with E-state index in [1.165, 1.54) is 29.6 Å². The Labute approximate surface area is 144 Å². The summed E-state index contributed by atoms with van der Waals surface area (Å²) in [5.74, 6) is -1.68. The van der Waals surface area contributed by atoms with Crippen molar-refractivity contribution in [2.24, 2.45) is 0 Å². The van der Waals surface area contributed by atoms with Crippen LogP contribution in [0.1, 0.15) is 21.7 Å². The van der Waals surface area contributed by atoms with Crippen LogP contribution >= 0.6 is 0 Å². The first-order valence-corrected chi connectivity index (χ1v) is 7.26. The van der Waals surface area contributed by atoms with Gasteiger partial charge >= 0.3 is 12.4 Å². The second kappa shape index (κ2) is 7.02. The molecule has 1 amide bonds. The van der Waals surface area contributed by atoms with E-state index in [9.17, 15) is 31.1 Å². The van der Waals surface area contributed by atoms with E-state index in [-0.39, 0.29) is 11.3 Å². The van der Waals surface area contributed by atoms with Crippen LogP contribution in [-0.4, -0.2) is 23.9 Å². The average molecular weight is 380 g/mol. The largest absolute Gasteiger partial charge is 0.468 e. The summed E-state index contributed by atoms with van der Waals surface area (Å²) in [4.78, 5) is 12.1. The standard InChI is InChI=1S/C16H14F6N2O2/c1-10-4-6-11(7-5-10)13(25)24-14(15(17,18)19,16(20,21)22)23-9-12-3-2-8-26-12/h2-8,23H,9H2,1H3,(H,24,25). The zero-order valence-electron chi connectivity index (χ0n) is 13.3. The molecular weight excluding hydrogens is 366 g/mol. The highest BCUT2D eigenvalue weighted by molar-refractivity contribution is 5.94. The fraction of sp³-hybridized carbons (Fsp3) is 0.312. The number of benzene rings is 1. The predicted molar refractivity (Wildman–Crippen MR) is 79.0 cm³/mol. The molecular formula is C16H14F6N2O2. The summed E-state index contributed by atoms with van der Waals surface area (Å²) >= 11 is 0. The average Bonchev–Trinajstić information content (AvgIpc) is 3.02. The van der Waals surface area contributed by atoms with Crippen LogP contribution in [0.5, 0.6) is 0 Å². The second-order valence-electron chi connectivity index (χ2n) is 5.50. The van der Waals surface area contributed by atoms with E-state index in [1.807, 2.05) is 0 Å². The van der Waals surface area contributed by atoms with E-state index < -0.39 is 30.5 Å². The summed E-state index contributed by atoms with van der Waals surface area (Å²) in [5, 5.41) is 2.42. The molecule has 1 aromatic heterocycles. The van der Waals surface area contributed by atoms with E-state index in [2.05, 4.69) is 0 Å². The third-order valence-electron chi connectivity index (χ3n) is 3.57. The van der Waals surface area contributed by atoms with Gasteiger partial charge in [-0.05, 0) is 31.2 Å². The summed E-state index contributed by atoms with van der Waals surface area (Å²) in [6.45, 7) is 0.753. The Balaban J connectivity index is 2.37. The van der Waals surface area contributed by atoms with Crippen LogP contribution in [0.4, 0.5) is 26.3 Å². The molecule has 0 saturated heterocycles. The quantitative estimate of drug-likeness (QED) is 0.611. The lowest BCUT2D eigenvalue weighted by atomic mass is 10.1. The van der Waals surface area contributed by atoms with E-state index in [0.29, 0.717) is 5.56 Å². The normalized spacial score (nSPS) is 12.9. The Hall–Kier alpha value is -2.49. The summed E-state index contributed by atoms with van der Waals surface area (Å²) in [7, 11) is 0. The number of halogens is 6. The number of nitrogens with one attached hydrogen (secondary N) is 2. The molecule has 0 aliphatic heterocycles. The van der Waals surface area contributed by atoms with Crippen molar-refractivity contribution in [3.8, 4) is 0 Å². The number of alkyl halides is 6. The molecule has 0 unspecified atom stereocenters. The fourth-order valence-electron chi connectivity index (χ4n) is 2.13. The highest BCUT2D eigenvalue weighted by Crippen LogP contribution is 2.41. The molecule has 142 valence electrons. The zero-order valence-corrected chi connectivity index (χ0v) is 13.3. The molecule has 0 fully saturated rings. The Morgan fingerprint density at radius 3 is 2.04 bits per heavy atom. The van der Waals surface area contributed by atoms with Crippen molar-refractivity contribution in [2.75, 3.05) is 0 Å². The smallest absolute Gasteiger partial charge is 0.434 e. The van der Waals surface area contributed by atoms with E-state index in [4.69, 9.17) is 4.42 Å². The lowest BCUT2D eigenvalue weighted by Crippen LogP contribution is -2.75. The highest BCUT2D eigenvalue weighted by Gasteiger charge is 2.72. The first-order valence-electron chi connectivity index (χ1n) is 7.26. The van der Waals surface area contributed by atoms with Gasteiger partial charge in [0, 0.05) is 5.56 Å². The monoisotopic (exact) mass is 380 g/mol. The van der Waals surface area contributed by atoms with Gasteiger partial charge in [0.25, 0.3) is 11.6 Å². The minimum atomic E-state index is -5.86. The maximum Gasteiger partial charge on any atom is 0.434 e. The molecule has 2 rings (SSSR count). The van der Waals surface area contributed by atoms with Crippen LogP contribution in [0.3, 0.4) is 0 Å². The molecule has 1 heterocycles. The fourth-order valence-corrected chi connectivity index (χ4v) is 2.13. The van der Waals surface area contributed by atoms with Crippen LogP contribution in [0.2, 0.25) is 0 Å². The first kappa shape index (κ1) is 19.8. The van der Waals surface area contributed by atoms with Crippen LogP contribution in [0.15, 0.2) is 47.1 Å². The van der Waals surface area contributed by atoms with Crippen molar-refractivity contribution >= 4 is 5.91 Å². The molecule has 1 aromatic carbocycles. The molecule has 0 spiro atoms. The van der Waals surface area contributed by atoms with Crippen molar-refractivity contribution in [1.29, 1.82) is 0 Å². The van der Waals surface area contributed by atoms with Crippen LogP contribution in [0.25, 0.3) is 0 Å². The van der Waals surface area contributed by atoms with Gasteiger partial charge in [-0.1, -0.05) is 17.7 Å². The number of carbonyl (C=O) groups excluding carboxylic acids is 1. The molecule has 4 nitrogen and oxygen atoms in total. The Morgan fingerprint density at radius 2 is 1.58 bits per heavy atom. The Kier molecular flexibility index (Phi) is 5.36. The van der Waals surface area contributed by atoms with Gasteiger partial charge in [-0.2, -0.15) is 26.3 Å². The van der Waals surface area contributed by atoms with Crippen molar-refractivity contribution < 1.29 is 35.6 Å².